The number of aromatic amines is 1. The lowest BCUT2D eigenvalue weighted by molar-refractivity contribution is -0.113. The number of rotatable bonds is 8. The number of nitrogens with one attached hydrogen (secondary N) is 2. The third kappa shape index (κ3) is 5.26. The highest BCUT2D eigenvalue weighted by molar-refractivity contribution is 7.99. The highest BCUT2D eigenvalue weighted by atomic mass is 32.2. The van der Waals surface area contributed by atoms with Gasteiger partial charge in [-0.1, -0.05) is 11.8 Å². The number of aromatic nitrogens is 4. The molecule has 0 fully saturated rings. The van der Waals surface area contributed by atoms with E-state index < -0.39 is 5.97 Å². The summed E-state index contributed by atoms with van der Waals surface area (Å²) < 4.78 is 11.6. The summed E-state index contributed by atoms with van der Waals surface area (Å²) in [4.78, 5) is 45.1. The molecular formula is C23H21N5O5S. The van der Waals surface area contributed by atoms with E-state index in [1.165, 1.54) is 10.6 Å². The summed E-state index contributed by atoms with van der Waals surface area (Å²) in [7, 11) is 1.58. The number of hydrogen-bond acceptors (Lipinski definition) is 8. The van der Waals surface area contributed by atoms with E-state index in [-0.39, 0.29) is 23.8 Å². The normalized spacial score (nSPS) is 10.8. The van der Waals surface area contributed by atoms with Crippen molar-refractivity contribution in [2.75, 3.05) is 24.8 Å². The van der Waals surface area contributed by atoms with E-state index in [2.05, 4.69) is 20.4 Å². The monoisotopic (exact) mass is 479 g/mol. The Hall–Kier alpha value is -4.12. The second-order valence-corrected chi connectivity index (χ2v) is 7.95. The summed E-state index contributed by atoms with van der Waals surface area (Å²) in [5.41, 5.74) is 1.75. The number of amides is 1. The van der Waals surface area contributed by atoms with Crippen molar-refractivity contribution in [2.24, 2.45) is 0 Å². The van der Waals surface area contributed by atoms with Crippen molar-refractivity contribution in [1.29, 1.82) is 0 Å². The molecule has 0 aliphatic rings. The second-order valence-electron chi connectivity index (χ2n) is 7.01. The second kappa shape index (κ2) is 10.2. The molecule has 10 nitrogen and oxygen atoms in total. The molecule has 174 valence electrons. The predicted molar refractivity (Wildman–Crippen MR) is 127 cm³/mol. The van der Waals surface area contributed by atoms with Gasteiger partial charge >= 0.3 is 5.97 Å². The van der Waals surface area contributed by atoms with Crippen LogP contribution in [0.4, 0.5) is 5.69 Å². The minimum Gasteiger partial charge on any atom is -0.497 e. The number of fused-ring (bicyclic) bond motifs is 1. The van der Waals surface area contributed by atoms with Crippen LogP contribution in [0.3, 0.4) is 0 Å². The van der Waals surface area contributed by atoms with Gasteiger partial charge in [-0.05, 0) is 55.5 Å². The van der Waals surface area contributed by atoms with Crippen molar-refractivity contribution < 1.29 is 19.1 Å². The van der Waals surface area contributed by atoms with Gasteiger partial charge in [0.15, 0.2) is 16.6 Å². The molecule has 0 unspecified atom stereocenters. The first-order valence-corrected chi connectivity index (χ1v) is 11.3. The van der Waals surface area contributed by atoms with E-state index in [9.17, 15) is 14.4 Å². The van der Waals surface area contributed by atoms with Crippen molar-refractivity contribution >= 4 is 35.0 Å². The summed E-state index contributed by atoms with van der Waals surface area (Å²) in [5.74, 6) is 0.454. The van der Waals surface area contributed by atoms with Gasteiger partial charge in [0, 0.05) is 17.3 Å². The number of carbonyl (C=O) groups is 2. The summed E-state index contributed by atoms with van der Waals surface area (Å²) >= 11 is 1.15. The molecule has 0 radical (unpaired) electrons. The van der Waals surface area contributed by atoms with Gasteiger partial charge in [0.25, 0.3) is 5.56 Å². The lowest BCUT2D eigenvalue weighted by atomic mass is 10.2. The van der Waals surface area contributed by atoms with E-state index in [1.54, 1.807) is 50.4 Å². The van der Waals surface area contributed by atoms with Crippen LogP contribution < -0.4 is 15.6 Å². The van der Waals surface area contributed by atoms with Gasteiger partial charge in [-0.2, -0.15) is 0 Å². The van der Waals surface area contributed by atoms with Gasteiger partial charge < -0.3 is 14.8 Å². The number of hydrogen-bond donors (Lipinski definition) is 2. The Morgan fingerprint density at radius 3 is 2.50 bits per heavy atom. The Kier molecular flexibility index (Phi) is 6.93. The molecule has 2 aromatic heterocycles. The number of anilines is 1. The fourth-order valence-electron chi connectivity index (χ4n) is 3.08. The Morgan fingerprint density at radius 2 is 1.82 bits per heavy atom. The number of carbonyl (C=O) groups excluding carboxylic acids is 2. The number of H-pyrrole nitrogens is 1. The maximum absolute atomic E-state index is 12.5. The van der Waals surface area contributed by atoms with Crippen molar-refractivity contribution in [3.8, 4) is 17.1 Å². The number of nitrogens with zero attached hydrogens (tertiary/aromatic N) is 3. The molecule has 4 rings (SSSR count). The summed E-state index contributed by atoms with van der Waals surface area (Å²) in [6, 6.07) is 15.0. The fourth-order valence-corrected chi connectivity index (χ4v) is 3.83. The van der Waals surface area contributed by atoms with Gasteiger partial charge in [-0.25, -0.2) is 19.3 Å². The highest BCUT2D eigenvalue weighted by Gasteiger charge is 2.14. The van der Waals surface area contributed by atoms with Crippen molar-refractivity contribution in [1.82, 2.24) is 19.6 Å². The largest absolute Gasteiger partial charge is 0.497 e. The molecule has 4 aromatic rings. The van der Waals surface area contributed by atoms with Gasteiger partial charge in [-0.3, -0.25) is 14.7 Å². The van der Waals surface area contributed by atoms with Crippen LogP contribution in [-0.4, -0.2) is 50.9 Å². The van der Waals surface area contributed by atoms with Gasteiger partial charge in [0.1, 0.15) is 5.75 Å². The van der Waals surface area contributed by atoms with Crippen LogP contribution in [-0.2, 0) is 9.53 Å². The van der Waals surface area contributed by atoms with Crippen LogP contribution in [0, 0.1) is 0 Å². The van der Waals surface area contributed by atoms with E-state index in [0.29, 0.717) is 33.6 Å². The number of esters is 1. The van der Waals surface area contributed by atoms with Crippen LogP contribution in [0.1, 0.15) is 17.3 Å². The maximum atomic E-state index is 12.5. The molecule has 0 bridgehead atoms. The molecule has 0 aliphatic carbocycles. The molecule has 0 spiro atoms. The summed E-state index contributed by atoms with van der Waals surface area (Å²) in [6.45, 7) is 2.02. The molecule has 0 saturated carbocycles. The Bertz CT molecular complexity index is 1380. The van der Waals surface area contributed by atoms with Crippen LogP contribution in [0.5, 0.6) is 5.75 Å². The average Bonchev–Trinajstić information content (AvgIpc) is 3.23. The molecule has 0 atom stereocenters. The summed E-state index contributed by atoms with van der Waals surface area (Å²) in [5, 5.41) is 5.82. The molecule has 0 saturated heterocycles. The lowest BCUT2D eigenvalue weighted by Gasteiger charge is -2.09. The molecule has 2 N–H and O–H groups in total. The molecule has 34 heavy (non-hydrogen) atoms. The van der Waals surface area contributed by atoms with Crippen molar-refractivity contribution in [2.45, 2.75) is 12.1 Å². The minimum atomic E-state index is -0.419. The van der Waals surface area contributed by atoms with Gasteiger partial charge in [0.2, 0.25) is 5.91 Å². The first kappa shape index (κ1) is 23.1. The zero-order valence-corrected chi connectivity index (χ0v) is 19.2. The summed E-state index contributed by atoms with van der Waals surface area (Å²) in [6.07, 6.45) is 0. The smallest absolute Gasteiger partial charge is 0.338 e. The Balaban J connectivity index is 1.49. The van der Waals surface area contributed by atoms with E-state index in [1.807, 2.05) is 12.1 Å². The lowest BCUT2D eigenvalue weighted by Crippen LogP contribution is -2.15. The fraction of sp³-hybridized carbons (Fsp3) is 0.174. The zero-order chi connectivity index (χ0) is 24.1. The molecular weight excluding hydrogens is 458 g/mol. The SMILES string of the molecule is CCOC(=O)c1ccc(NC(=O)CSc2nc(-c3ccc(OC)cc3)nc3cc(=O)[nH]n23)cc1. The van der Waals surface area contributed by atoms with Gasteiger partial charge in [0.05, 0.1) is 25.0 Å². The third-order valence-corrected chi connectivity index (χ3v) is 5.62. The Morgan fingerprint density at radius 1 is 1.09 bits per heavy atom. The predicted octanol–water partition coefficient (Wildman–Crippen LogP) is 3.00. The highest BCUT2D eigenvalue weighted by Crippen LogP contribution is 2.23. The Labute approximate surface area is 198 Å². The first-order chi connectivity index (χ1) is 16.5. The van der Waals surface area contributed by atoms with Crippen LogP contribution in [0.2, 0.25) is 0 Å². The van der Waals surface area contributed by atoms with Crippen LogP contribution in [0.25, 0.3) is 17.0 Å². The third-order valence-electron chi connectivity index (χ3n) is 4.68. The quantitative estimate of drug-likeness (QED) is 0.292. The topological polar surface area (TPSA) is 128 Å². The number of ether oxygens (including phenoxy) is 2. The molecule has 11 heteroatoms. The number of methoxy groups -OCH3 is 1. The van der Waals surface area contributed by atoms with Crippen molar-refractivity contribution in [3.63, 3.8) is 0 Å². The van der Waals surface area contributed by atoms with Crippen LogP contribution >= 0.6 is 11.8 Å². The van der Waals surface area contributed by atoms with E-state index >= 15 is 0 Å². The van der Waals surface area contributed by atoms with Crippen LogP contribution in [0.15, 0.2) is 64.5 Å². The number of thioether (sulfide) groups is 1. The first-order valence-electron chi connectivity index (χ1n) is 10.3. The molecule has 2 heterocycles. The number of benzene rings is 2. The van der Waals surface area contributed by atoms with Crippen molar-refractivity contribution in [3.05, 3.63) is 70.5 Å². The van der Waals surface area contributed by atoms with E-state index in [0.717, 1.165) is 17.3 Å². The average molecular weight is 480 g/mol. The zero-order valence-electron chi connectivity index (χ0n) is 18.4. The molecule has 0 aliphatic heterocycles. The molecule has 1 amide bonds. The maximum Gasteiger partial charge on any atom is 0.338 e. The molecule has 2 aromatic carbocycles. The standard InChI is InChI=1S/C23H21N5O5S/c1-3-33-22(31)15-4-8-16(9-5-15)24-20(30)13-34-23-26-21(14-6-10-17(32-2)11-7-14)25-18-12-19(29)27-28(18)23/h4-12H,3,13H2,1-2H3,(H,24,30)(H,27,29). The van der Waals surface area contributed by atoms with E-state index in [4.69, 9.17) is 9.47 Å². The minimum absolute atomic E-state index is 0.0357. The van der Waals surface area contributed by atoms with Gasteiger partial charge in [-0.15, -0.1) is 0 Å².